The van der Waals surface area contributed by atoms with Crippen LogP contribution in [0.25, 0.3) is 0 Å². The van der Waals surface area contributed by atoms with Gasteiger partial charge < -0.3 is 10.2 Å². The van der Waals surface area contributed by atoms with Crippen LogP contribution in [0.15, 0.2) is 22.7 Å². The molecule has 0 aliphatic carbocycles. The summed E-state index contributed by atoms with van der Waals surface area (Å²) in [6.45, 7) is 3.66. The van der Waals surface area contributed by atoms with Gasteiger partial charge in [-0.1, -0.05) is 22.9 Å². The van der Waals surface area contributed by atoms with Crippen LogP contribution >= 0.6 is 15.9 Å². The zero-order valence-electron chi connectivity index (χ0n) is 11.4. The predicted octanol–water partition coefficient (Wildman–Crippen LogP) is 2.61. The van der Waals surface area contributed by atoms with Gasteiger partial charge in [-0.15, -0.1) is 0 Å². The molecular formula is C14H16BrFN2O2. The van der Waals surface area contributed by atoms with E-state index in [-0.39, 0.29) is 30.5 Å². The summed E-state index contributed by atoms with van der Waals surface area (Å²) in [5, 5.41) is 2.72. The summed E-state index contributed by atoms with van der Waals surface area (Å²) in [6, 6.07) is 4.43. The van der Waals surface area contributed by atoms with Crippen molar-refractivity contribution >= 4 is 33.4 Å². The smallest absolute Gasteiger partial charge is 0.252 e. The number of hydrogen-bond donors (Lipinski definition) is 1. The average Bonchev–Trinajstić information content (AvgIpc) is 2.52. The second-order valence-electron chi connectivity index (χ2n) is 5.04. The summed E-state index contributed by atoms with van der Waals surface area (Å²) in [4.78, 5) is 25.7. The first-order chi connectivity index (χ1) is 9.37. The fourth-order valence-electron chi connectivity index (χ4n) is 2.20. The molecule has 0 bridgehead atoms. The molecule has 1 heterocycles. The van der Waals surface area contributed by atoms with Gasteiger partial charge in [0.2, 0.25) is 5.91 Å². The number of anilines is 1. The summed E-state index contributed by atoms with van der Waals surface area (Å²) >= 11 is 3.27. The van der Waals surface area contributed by atoms with Crippen LogP contribution < -0.4 is 10.2 Å². The van der Waals surface area contributed by atoms with E-state index in [0.29, 0.717) is 10.9 Å². The van der Waals surface area contributed by atoms with Gasteiger partial charge in [0.25, 0.3) is 5.91 Å². The zero-order valence-corrected chi connectivity index (χ0v) is 13.0. The van der Waals surface area contributed by atoms with Gasteiger partial charge in [0.15, 0.2) is 0 Å². The maximum atomic E-state index is 14.0. The van der Waals surface area contributed by atoms with Crippen LogP contribution in [0, 0.1) is 5.82 Å². The highest BCUT2D eigenvalue weighted by atomic mass is 79.9. The van der Waals surface area contributed by atoms with Crippen LogP contribution in [-0.4, -0.2) is 23.9 Å². The lowest BCUT2D eigenvalue weighted by atomic mass is 9.97. The molecule has 1 aromatic carbocycles. The standard InChI is InChI=1S/C14H16BrFN2O2/c1-3-14(2)13(20)18(7-6-12(19)17-14)11-8-9(15)4-5-10(11)16/h4-5,8H,3,6-7H2,1-2H3,(H,17,19). The van der Waals surface area contributed by atoms with Crippen molar-refractivity contribution in [1.82, 2.24) is 5.32 Å². The van der Waals surface area contributed by atoms with E-state index in [2.05, 4.69) is 21.2 Å². The van der Waals surface area contributed by atoms with E-state index in [9.17, 15) is 14.0 Å². The van der Waals surface area contributed by atoms with E-state index in [4.69, 9.17) is 0 Å². The molecule has 0 saturated carbocycles. The molecule has 0 radical (unpaired) electrons. The summed E-state index contributed by atoms with van der Waals surface area (Å²) in [6.07, 6.45) is 0.608. The Labute approximate surface area is 125 Å². The fraction of sp³-hybridized carbons (Fsp3) is 0.429. The number of nitrogens with one attached hydrogen (secondary N) is 1. The van der Waals surface area contributed by atoms with Crippen LogP contribution in [0.5, 0.6) is 0 Å². The molecule has 1 atom stereocenters. The molecule has 1 fully saturated rings. The normalized spacial score (nSPS) is 23.5. The highest BCUT2D eigenvalue weighted by Crippen LogP contribution is 2.28. The van der Waals surface area contributed by atoms with E-state index < -0.39 is 11.4 Å². The van der Waals surface area contributed by atoms with Gasteiger partial charge >= 0.3 is 0 Å². The summed E-state index contributed by atoms with van der Waals surface area (Å²) in [5.41, 5.74) is -0.803. The molecular weight excluding hydrogens is 327 g/mol. The monoisotopic (exact) mass is 342 g/mol. The van der Waals surface area contributed by atoms with Crippen molar-refractivity contribution in [3.8, 4) is 0 Å². The van der Waals surface area contributed by atoms with E-state index in [1.807, 2.05) is 6.92 Å². The third-order valence-electron chi connectivity index (χ3n) is 3.60. The van der Waals surface area contributed by atoms with E-state index >= 15 is 0 Å². The molecule has 1 unspecified atom stereocenters. The number of halogens is 2. The lowest BCUT2D eigenvalue weighted by Crippen LogP contribution is -2.55. The first-order valence-corrected chi connectivity index (χ1v) is 7.24. The molecule has 2 amide bonds. The van der Waals surface area contributed by atoms with Gasteiger partial charge in [0.05, 0.1) is 5.69 Å². The fourth-order valence-corrected chi connectivity index (χ4v) is 2.55. The number of amides is 2. The second-order valence-corrected chi connectivity index (χ2v) is 5.95. The van der Waals surface area contributed by atoms with E-state index in [1.54, 1.807) is 19.1 Å². The number of carbonyl (C=O) groups excluding carboxylic acids is 2. The third-order valence-corrected chi connectivity index (χ3v) is 4.09. The van der Waals surface area contributed by atoms with Gasteiger partial charge in [-0.25, -0.2) is 4.39 Å². The minimum absolute atomic E-state index is 0.160. The van der Waals surface area contributed by atoms with Gasteiger partial charge in [-0.2, -0.15) is 0 Å². The van der Waals surface area contributed by atoms with Crippen molar-refractivity contribution in [2.45, 2.75) is 32.2 Å². The number of benzene rings is 1. The van der Waals surface area contributed by atoms with Crippen LogP contribution in [0.4, 0.5) is 10.1 Å². The van der Waals surface area contributed by atoms with Crippen molar-refractivity contribution in [2.75, 3.05) is 11.4 Å². The summed E-state index contributed by atoms with van der Waals surface area (Å²) in [7, 11) is 0. The Kier molecular flexibility index (Phi) is 4.13. The third kappa shape index (κ3) is 2.70. The molecule has 1 aromatic rings. The molecule has 6 heteroatoms. The van der Waals surface area contributed by atoms with Crippen LogP contribution in [-0.2, 0) is 9.59 Å². The molecule has 1 saturated heterocycles. The lowest BCUT2D eigenvalue weighted by molar-refractivity contribution is -0.129. The van der Waals surface area contributed by atoms with Crippen molar-refractivity contribution in [1.29, 1.82) is 0 Å². The van der Waals surface area contributed by atoms with Crippen LogP contribution in [0.1, 0.15) is 26.7 Å². The minimum atomic E-state index is -0.998. The number of hydrogen-bond acceptors (Lipinski definition) is 2. The van der Waals surface area contributed by atoms with Crippen LogP contribution in [0.2, 0.25) is 0 Å². The van der Waals surface area contributed by atoms with E-state index in [1.165, 1.54) is 11.0 Å². The van der Waals surface area contributed by atoms with Crippen molar-refractivity contribution in [3.63, 3.8) is 0 Å². The molecule has 2 rings (SSSR count). The second kappa shape index (κ2) is 5.52. The predicted molar refractivity (Wildman–Crippen MR) is 77.9 cm³/mol. The average molecular weight is 343 g/mol. The topological polar surface area (TPSA) is 49.4 Å². The van der Waals surface area contributed by atoms with Gasteiger partial charge in [-0.3, -0.25) is 9.59 Å². The Bertz CT molecular complexity index is 564. The summed E-state index contributed by atoms with van der Waals surface area (Å²) in [5.74, 6) is -0.960. The highest BCUT2D eigenvalue weighted by Gasteiger charge is 2.40. The molecule has 0 aromatic heterocycles. The lowest BCUT2D eigenvalue weighted by Gasteiger charge is -2.31. The highest BCUT2D eigenvalue weighted by molar-refractivity contribution is 9.10. The molecule has 20 heavy (non-hydrogen) atoms. The largest absolute Gasteiger partial charge is 0.342 e. The number of nitrogens with zero attached hydrogens (tertiary/aromatic N) is 1. The van der Waals surface area contributed by atoms with Gasteiger partial charge in [-0.05, 0) is 31.5 Å². The Morgan fingerprint density at radius 2 is 2.15 bits per heavy atom. The van der Waals surface area contributed by atoms with E-state index in [0.717, 1.165) is 0 Å². The number of rotatable bonds is 2. The Morgan fingerprint density at radius 3 is 2.80 bits per heavy atom. The maximum absolute atomic E-state index is 14.0. The quantitative estimate of drug-likeness (QED) is 0.898. The molecule has 1 aliphatic rings. The molecule has 108 valence electrons. The number of carbonyl (C=O) groups is 2. The molecule has 0 spiro atoms. The SMILES string of the molecule is CCC1(C)NC(=O)CCN(c2cc(Br)ccc2F)C1=O. The van der Waals surface area contributed by atoms with Crippen molar-refractivity contribution < 1.29 is 14.0 Å². The van der Waals surface area contributed by atoms with Gasteiger partial charge in [0, 0.05) is 17.4 Å². The Hall–Kier alpha value is -1.43. The molecule has 1 aliphatic heterocycles. The Morgan fingerprint density at radius 1 is 1.45 bits per heavy atom. The Balaban J connectivity index is 2.46. The van der Waals surface area contributed by atoms with Gasteiger partial charge in [0.1, 0.15) is 11.4 Å². The summed E-state index contributed by atoms with van der Waals surface area (Å²) < 4.78 is 14.7. The van der Waals surface area contributed by atoms with Crippen LogP contribution in [0.3, 0.4) is 0 Å². The maximum Gasteiger partial charge on any atom is 0.252 e. The van der Waals surface area contributed by atoms with Crippen molar-refractivity contribution in [3.05, 3.63) is 28.5 Å². The minimum Gasteiger partial charge on any atom is -0.342 e. The first-order valence-electron chi connectivity index (χ1n) is 6.45. The first kappa shape index (κ1) is 15.0. The zero-order chi connectivity index (χ0) is 14.9. The molecule has 4 nitrogen and oxygen atoms in total. The van der Waals surface area contributed by atoms with Crippen molar-refractivity contribution in [2.24, 2.45) is 0 Å². The molecule has 1 N–H and O–H groups in total.